The number of aromatic nitrogens is 2. The maximum atomic E-state index is 5.94. The van der Waals surface area contributed by atoms with Gasteiger partial charge in [0.15, 0.2) is 5.96 Å². The van der Waals surface area contributed by atoms with Crippen molar-refractivity contribution in [2.45, 2.75) is 40.3 Å². The Labute approximate surface area is 177 Å². The summed E-state index contributed by atoms with van der Waals surface area (Å²) in [5.74, 6) is 1.72. The molecule has 0 atom stereocenters. The van der Waals surface area contributed by atoms with E-state index in [4.69, 9.17) is 4.42 Å². The number of furan rings is 1. The highest BCUT2D eigenvalue weighted by Crippen LogP contribution is 2.24. The van der Waals surface area contributed by atoms with Crippen LogP contribution in [0.3, 0.4) is 0 Å². The molecule has 0 fully saturated rings. The number of halogens is 1. The van der Waals surface area contributed by atoms with Crippen LogP contribution in [0.5, 0.6) is 0 Å². The first-order chi connectivity index (χ1) is 12.6. The predicted molar refractivity (Wildman–Crippen MR) is 121 cm³/mol. The molecule has 146 valence electrons. The average molecular weight is 481 g/mol. The van der Waals surface area contributed by atoms with Crippen molar-refractivity contribution >= 4 is 40.9 Å². The Morgan fingerprint density at radius 1 is 1.19 bits per heavy atom. The first kappa shape index (κ1) is 21.3. The number of nitrogens with zero attached hydrogens (tertiary/aromatic N) is 3. The van der Waals surface area contributed by atoms with Gasteiger partial charge in [-0.2, -0.15) is 5.10 Å². The highest BCUT2D eigenvalue weighted by molar-refractivity contribution is 14.0. The fourth-order valence-corrected chi connectivity index (χ4v) is 3.12. The zero-order chi connectivity index (χ0) is 18.5. The van der Waals surface area contributed by atoms with Gasteiger partial charge >= 0.3 is 0 Å². The number of rotatable bonds is 6. The molecule has 1 aromatic carbocycles. The quantitative estimate of drug-likeness (QED) is 0.242. The summed E-state index contributed by atoms with van der Waals surface area (Å²) in [6, 6.07) is 10.2. The summed E-state index contributed by atoms with van der Waals surface area (Å²) in [6.07, 6.45) is 0.978. The Hall–Kier alpha value is -2.03. The summed E-state index contributed by atoms with van der Waals surface area (Å²) < 4.78 is 7.98. The van der Waals surface area contributed by atoms with E-state index < -0.39 is 0 Å². The van der Waals surface area contributed by atoms with Crippen LogP contribution in [0.15, 0.2) is 39.7 Å². The van der Waals surface area contributed by atoms with Gasteiger partial charge in [0.05, 0.1) is 12.2 Å². The Kier molecular flexibility index (Phi) is 7.70. The number of para-hydroxylation sites is 1. The van der Waals surface area contributed by atoms with E-state index in [1.807, 2.05) is 29.8 Å². The predicted octanol–water partition coefficient (Wildman–Crippen LogP) is 3.93. The molecule has 0 amide bonds. The molecule has 27 heavy (non-hydrogen) atoms. The highest BCUT2D eigenvalue weighted by Gasteiger charge is 2.10. The molecular formula is C20H28IN5O. The van der Waals surface area contributed by atoms with Gasteiger partial charge in [0.25, 0.3) is 0 Å². The number of hydrogen-bond donors (Lipinski definition) is 2. The highest BCUT2D eigenvalue weighted by atomic mass is 127. The van der Waals surface area contributed by atoms with Gasteiger partial charge in [-0.3, -0.25) is 9.67 Å². The van der Waals surface area contributed by atoms with E-state index in [1.165, 1.54) is 11.3 Å². The van der Waals surface area contributed by atoms with Crippen LogP contribution in [0.25, 0.3) is 11.0 Å². The zero-order valence-corrected chi connectivity index (χ0v) is 18.7. The Bertz CT molecular complexity index is 912. The number of guanidine groups is 1. The van der Waals surface area contributed by atoms with Crippen molar-refractivity contribution in [3.8, 4) is 0 Å². The normalized spacial score (nSPS) is 11.5. The van der Waals surface area contributed by atoms with Gasteiger partial charge in [-0.25, -0.2) is 0 Å². The maximum Gasteiger partial charge on any atom is 0.191 e. The molecule has 0 spiro atoms. The van der Waals surface area contributed by atoms with E-state index in [1.54, 1.807) is 7.05 Å². The SMILES string of the molecule is CN=C(NCCCn1nc(C)cc1C)NCc1oc2ccccc2c1C.I. The van der Waals surface area contributed by atoms with Crippen LogP contribution in [0.2, 0.25) is 0 Å². The van der Waals surface area contributed by atoms with E-state index in [0.29, 0.717) is 6.54 Å². The third-order valence-electron chi connectivity index (χ3n) is 4.52. The molecule has 2 aromatic heterocycles. The van der Waals surface area contributed by atoms with E-state index in [2.05, 4.69) is 46.7 Å². The molecule has 2 N–H and O–H groups in total. The van der Waals surface area contributed by atoms with E-state index in [0.717, 1.165) is 47.9 Å². The summed E-state index contributed by atoms with van der Waals surface area (Å²) >= 11 is 0. The van der Waals surface area contributed by atoms with Crippen LogP contribution in [0.4, 0.5) is 0 Å². The molecule has 0 bridgehead atoms. The Morgan fingerprint density at radius 3 is 2.63 bits per heavy atom. The van der Waals surface area contributed by atoms with Crippen molar-refractivity contribution in [3.63, 3.8) is 0 Å². The van der Waals surface area contributed by atoms with Crippen LogP contribution in [-0.4, -0.2) is 29.3 Å². The first-order valence-electron chi connectivity index (χ1n) is 9.01. The van der Waals surface area contributed by atoms with Gasteiger partial charge in [-0.05, 0) is 39.3 Å². The van der Waals surface area contributed by atoms with Crippen molar-refractivity contribution in [2.24, 2.45) is 4.99 Å². The van der Waals surface area contributed by atoms with Crippen molar-refractivity contribution in [2.75, 3.05) is 13.6 Å². The van der Waals surface area contributed by atoms with Crippen molar-refractivity contribution < 1.29 is 4.42 Å². The molecule has 0 saturated carbocycles. The third kappa shape index (κ3) is 5.24. The molecule has 7 heteroatoms. The second kappa shape index (κ2) is 9.77. The number of fused-ring (bicyclic) bond motifs is 1. The zero-order valence-electron chi connectivity index (χ0n) is 16.4. The van der Waals surface area contributed by atoms with Crippen LogP contribution in [-0.2, 0) is 13.1 Å². The van der Waals surface area contributed by atoms with Crippen LogP contribution in [0.1, 0.15) is 29.1 Å². The van der Waals surface area contributed by atoms with Crippen molar-refractivity contribution in [1.29, 1.82) is 0 Å². The van der Waals surface area contributed by atoms with E-state index in [9.17, 15) is 0 Å². The van der Waals surface area contributed by atoms with Gasteiger partial charge in [-0.15, -0.1) is 24.0 Å². The van der Waals surface area contributed by atoms with Crippen LogP contribution >= 0.6 is 24.0 Å². The molecular weight excluding hydrogens is 453 g/mol. The second-order valence-corrected chi connectivity index (χ2v) is 6.50. The summed E-state index contributed by atoms with van der Waals surface area (Å²) in [4.78, 5) is 4.28. The van der Waals surface area contributed by atoms with Crippen LogP contribution in [0, 0.1) is 20.8 Å². The van der Waals surface area contributed by atoms with E-state index in [-0.39, 0.29) is 24.0 Å². The molecule has 0 saturated heterocycles. The number of benzene rings is 1. The van der Waals surface area contributed by atoms with Crippen molar-refractivity contribution in [1.82, 2.24) is 20.4 Å². The van der Waals surface area contributed by atoms with Gasteiger partial charge in [-0.1, -0.05) is 18.2 Å². The lowest BCUT2D eigenvalue weighted by Gasteiger charge is -2.11. The number of aliphatic imine (C=N–C) groups is 1. The molecule has 3 rings (SSSR count). The second-order valence-electron chi connectivity index (χ2n) is 6.50. The van der Waals surface area contributed by atoms with E-state index >= 15 is 0 Å². The Morgan fingerprint density at radius 2 is 1.96 bits per heavy atom. The van der Waals surface area contributed by atoms with Gasteiger partial charge in [0.1, 0.15) is 11.3 Å². The first-order valence-corrected chi connectivity index (χ1v) is 9.01. The van der Waals surface area contributed by atoms with Gasteiger partial charge < -0.3 is 15.1 Å². The monoisotopic (exact) mass is 481 g/mol. The minimum absolute atomic E-state index is 0. The molecule has 6 nitrogen and oxygen atoms in total. The summed E-state index contributed by atoms with van der Waals surface area (Å²) in [5.41, 5.74) is 4.36. The average Bonchev–Trinajstić information content (AvgIpc) is 3.13. The number of hydrogen-bond acceptors (Lipinski definition) is 3. The molecule has 3 aromatic rings. The molecule has 0 aliphatic carbocycles. The standard InChI is InChI=1S/C20H27N5O.HI/c1-14-12-15(2)25(24-14)11-7-10-22-20(21-4)23-13-19-16(3)17-8-5-6-9-18(17)26-19;/h5-6,8-9,12H,7,10-11,13H2,1-4H3,(H2,21,22,23);1H. The lowest BCUT2D eigenvalue weighted by molar-refractivity contribution is 0.531. The molecule has 0 aliphatic heterocycles. The van der Waals surface area contributed by atoms with Gasteiger partial charge in [0.2, 0.25) is 0 Å². The largest absolute Gasteiger partial charge is 0.459 e. The third-order valence-corrected chi connectivity index (χ3v) is 4.52. The number of aryl methyl sites for hydroxylation is 4. The van der Waals surface area contributed by atoms with Crippen molar-refractivity contribution in [3.05, 3.63) is 53.0 Å². The molecule has 0 aliphatic rings. The summed E-state index contributed by atoms with van der Waals surface area (Å²) in [7, 11) is 1.78. The van der Waals surface area contributed by atoms with Crippen LogP contribution < -0.4 is 10.6 Å². The minimum Gasteiger partial charge on any atom is -0.459 e. The lowest BCUT2D eigenvalue weighted by Crippen LogP contribution is -2.37. The fraction of sp³-hybridized carbons (Fsp3) is 0.400. The smallest absolute Gasteiger partial charge is 0.191 e. The van der Waals surface area contributed by atoms with Gasteiger partial charge in [0, 0.05) is 36.8 Å². The molecule has 2 heterocycles. The Balaban J connectivity index is 0.00000261. The summed E-state index contributed by atoms with van der Waals surface area (Å²) in [5, 5.41) is 12.3. The minimum atomic E-state index is 0. The molecule has 0 unspecified atom stereocenters. The fourth-order valence-electron chi connectivity index (χ4n) is 3.12. The molecule has 0 radical (unpaired) electrons. The summed E-state index contributed by atoms with van der Waals surface area (Å²) in [6.45, 7) is 8.53. The topological polar surface area (TPSA) is 67.4 Å². The maximum absolute atomic E-state index is 5.94. The number of nitrogens with one attached hydrogen (secondary N) is 2. The lowest BCUT2D eigenvalue weighted by atomic mass is 10.1.